The van der Waals surface area contributed by atoms with Crippen LogP contribution in [0.1, 0.15) is 89.2 Å². The highest BCUT2D eigenvalue weighted by Crippen LogP contribution is 2.64. The fourth-order valence-electron chi connectivity index (χ4n) is 8.31. The summed E-state index contributed by atoms with van der Waals surface area (Å²) in [5.41, 5.74) is 5.84. The number of aliphatic hydroxyl groups excluding tert-OH is 1. The maximum atomic E-state index is 11.1. The van der Waals surface area contributed by atoms with Crippen LogP contribution in [0.5, 0.6) is 0 Å². The summed E-state index contributed by atoms with van der Waals surface area (Å²) in [6.07, 6.45) is 14.1. The Morgan fingerprint density at radius 1 is 0.971 bits per heavy atom. The zero-order valence-corrected chi connectivity index (χ0v) is 21.1. The van der Waals surface area contributed by atoms with E-state index in [1.54, 1.807) is 11.1 Å². The van der Waals surface area contributed by atoms with E-state index in [2.05, 4.69) is 51.0 Å². The molecule has 6 rings (SSSR count). The van der Waals surface area contributed by atoms with Crippen LogP contribution in [0.25, 0.3) is 0 Å². The molecule has 0 radical (unpaired) electrons. The minimum atomic E-state index is -0.381. The zero-order chi connectivity index (χ0) is 23.7. The van der Waals surface area contributed by atoms with Crippen LogP contribution in [0.2, 0.25) is 0 Å². The van der Waals surface area contributed by atoms with Crippen LogP contribution in [0, 0.1) is 40.9 Å². The summed E-state index contributed by atoms with van der Waals surface area (Å²) in [4.78, 5) is 0. The molecule has 1 aromatic rings. The largest absolute Gasteiger partial charge is 0.393 e. The molecule has 5 aliphatic rings. The van der Waals surface area contributed by atoms with E-state index >= 15 is 0 Å². The summed E-state index contributed by atoms with van der Waals surface area (Å²) in [5, 5.41) is 11.1. The van der Waals surface area contributed by atoms with Gasteiger partial charge < -0.3 is 14.6 Å². The van der Waals surface area contributed by atoms with Crippen molar-refractivity contribution in [3.05, 3.63) is 46.5 Å². The van der Waals surface area contributed by atoms with Gasteiger partial charge in [-0.05, 0) is 79.4 Å². The van der Waals surface area contributed by atoms with Gasteiger partial charge in [-0.2, -0.15) is 0 Å². The van der Waals surface area contributed by atoms with Crippen LogP contribution < -0.4 is 0 Å². The van der Waals surface area contributed by atoms with Gasteiger partial charge in [0.15, 0.2) is 5.79 Å². The Kier molecular flexibility index (Phi) is 5.34. The molecule has 6 atom stereocenters. The minimum absolute atomic E-state index is 0.00802. The number of benzene rings is 1. The monoisotopic (exact) mass is 460 g/mol. The number of terminal acetylenes is 1. The van der Waals surface area contributed by atoms with Crippen LogP contribution in [0.15, 0.2) is 35.4 Å². The van der Waals surface area contributed by atoms with Crippen molar-refractivity contribution in [2.45, 2.75) is 89.9 Å². The second-order valence-electron chi connectivity index (χ2n) is 12.9. The highest BCUT2D eigenvalue weighted by Gasteiger charge is 2.57. The van der Waals surface area contributed by atoms with Crippen molar-refractivity contribution in [2.75, 3.05) is 13.2 Å². The summed E-state index contributed by atoms with van der Waals surface area (Å²) in [6.45, 7) is 8.40. The highest BCUT2D eigenvalue weighted by atomic mass is 16.7. The second-order valence-corrected chi connectivity index (χ2v) is 12.9. The Labute approximate surface area is 205 Å². The van der Waals surface area contributed by atoms with Gasteiger partial charge in [0.2, 0.25) is 0 Å². The summed E-state index contributed by atoms with van der Waals surface area (Å²) in [5.74, 6) is 4.53. The smallest absolute Gasteiger partial charge is 0.169 e. The first-order chi connectivity index (χ1) is 16.2. The van der Waals surface area contributed by atoms with Gasteiger partial charge in [-0.1, -0.05) is 50.0 Å². The number of aliphatic hydroxyl groups is 1. The molecule has 0 amide bonds. The third-order valence-corrected chi connectivity index (χ3v) is 10.2. The average molecular weight is 461 g/mol. The Balaban J connectivity index is 1.38. The Morgan fingerprint density at radius 2 is 1.71 bits per heavy atom. The SMILES string of the molecule is C#Cc1ccc([C@H]2CC3(C)C(O)CCC3C3CCC4CC5(CCC4=C32)OCC(C)(C)CO5)cc1. The molecule has 182 valence electrons. The van der Waals surface area contributed by atoms with E-state index in [0.29, 0.717) is 23.7 Å². The van der Waals surface area contributed by atoms with Crippen LogP contribution in [0.4, 0.5) is 0 Å². The van der Waals surface area contributed by atoms with Crippen molar-refractivity contribution < 1.29 is 14.6 Å². The van der Waals surface area contributed by atoms with Gasteiger partial charge >= 0.3 is 0 Å². The van der Waals surface area contributed by atoms with Gasteiger partial charge in [0.05, 0.1) is 19.3 Å². The van der Waals surface area contributed by atoms with Crippen molar-refractivity contribution in [1.82, 2.24) is 0 Å². The lowest BCUT2D eigenvalue weighted by Gasteiger charge is -2.55. The molecule has 0 bridgehead atoms. The van der Waals surface area contributed by atoms with E-state index in [0.717, 1.165) is 57.3 Å². The number of allylic oxidation sites excluding steroid dienone is 2. The summed E-state index contributed by atoms with van der Waals surface area (Å²) >= 11 is 0. The molecule has 3 heteroatoms. The molecule has 1 spiro atoms. The van der Waals surface area contributed by atoms with Crippen molar-refractivity contribution in [3.63, 3.8) is 0 Å². The molecule has 5 unspecified atom stereocenters. The Hall–Kier alpha value is -1.60. The van der Waals surface area contributed by atoms with Gasteiger partial charge in [-0.3, -0.25) is 0 Å². The standard InChI is InChI=1S/C31H40O3/c1-5-20-6-8-21(9-7-20)25-17-30(4)26(12-13-27(30)32)24-11-10-22-16-31(15-14-23(22)28(24)25)33-18-29(2,3)19-34-31/h1,6-9,22,24-27,32H,10-19H2,2-4H3/t22?,24?,25-,26?,27?,30?/m1/s1. The third-order valence-electron chi connectivity index (χ3n) is 10.2. The molecule has 1 saturated heterocycles. The molecule has 34 heavy (non-hydrogen) atoms. The Morgan fingerprint density at radius 3 is 2.41 bits per heavy atom. The van der Waals surface area contributed by atoms with E-state index < -0.39 is 0 Å². The van der Waals surface area contributed by atoms with E-state index in [-0.39, 0.29) is 22.7 Å². The fraction of sp³-hybridized carbons (Fsp3) is 0.677. The van der Waals surface area contributed by atoms with Gasteiger partial charge in [0.1, 0.15) is 0 Å². The minimum Gasteiger partial charge on any atom is -0.393 e. The first kappa shape index (κ1) is 22.8. The molecule has 4 fully saturated rings. The van der Waals surface area contributed by atoms with E-state index in [9.17, 15) is 5.11 Å². The van der Waals surface area contributed by atoms with E-state index in [4.69, 9.17) is 15.9 Å². The number of ether oxygens (including phenoxy) is 2. The molecule has 1 aliphatic heterocycles. The first-order valence-corrected chi connectivity index (χ1v) is 13.5. The number of hydrogen-bond acceptors (Lipinski definition) is 3. The topological polar surface area (TPSA) is 38.7 Å². The van der Waals surface area contributed by atoms with Gasteiger partial charge in [0, 0.05) is 29.7 Å². The molecule has 1 N–H and O–H groups in total. The zero-order valence-electron chi connectivity index (χ0n) is 21.1. The predicted octanol–water partition coefficient (Wildman–Crippen LogP) is 6.21. The lowest BCUT2D eigenvalue weighted by molar-refractivity contribution is -0.312. The van der Waals surface area contributed by atoms with Gasteiger partial charge in [-0.25, -0.2) is 0 Å². The maximum absolute atomic E-state index is 11.1. The molecular formula is C31H40O3. The van der Waals surface area contributed by atoms with Gasteiger partial charge in [0.25, 0.3) is 0 Å². The van der Waals surface area contributed by atoms with Crippen molar-refractivity contribution in [1.29, 1.82) is 0 Å². The third kappa shape index (κ3) is 3.52. The Bertz CT molecular complexity index is 1020. The molecule has 0 aromatic heterocycles. The molecule has 3 saturated carbocycles. The molecular weight excluding hydrogens is 420 g/mol. The number of rotatable bonds is 1. The highest BCUT2D eigenvalue weighted by molar-refractivity contribution is 5.43. The molecule has 4 aliphatic carbocycles. The van der Waals surface area contributed by atoms with E-state index in [1.807, 2.05) is 0 Å². The van der Waals surface area contributed by atoms with Crippen LogP contribution >= 0.6 is 0 Å². The first-order valence-electron chi connectivity index (χ1n) is 13.5. The number of fused-ring (bicyclic) bond motifs is 4. The molecule has 1 aromatic carbocycles. The normalized spacial score (nSPS) is 40.3. The number of hydrogen-bond donors (Lipinski definition) is 1. The van der Waals surface area contributed by atoms with Crippen LogP contribution in [0.3, 0.4) is 0 Å². The molecule has 3 nitrogen and oxygen atoms in total. The second kappa shape index (κ2) is 7.95. The quantitative estimate of drug-likeness (QED) is 0.400. The maximum Gasteiger partial charge on any atom is 0.169 e. The summed E-state index contributed by atoms with van der Waals surface area (Å²) < 4.78 is 12.9. The van der Waals surface area contributed by atoms with Crippen LogP contribution in [-0.4, -0.2) is 30.2 Å². The fourth-order valence-corrected chi connectivity index (χ4v) is 8.31. The van der Waals surface area contributed by atoms with Crippen molar-refractivity contribution >= 4 is 0 Å². The van der Waals surface area contributed by atoms with Crippen LogP contribution in [-0.2, 0) is 9.47 Å². The average Bonchev–Trinajstić information content (AvgIpc) is 3.14. The lowest BCUT2D eigenvalue weighted by Crippen LogP contribution is -2.52. The van der Waals surface area contributed by atoms with Gasteiger partial charge in [-0.15, -0.1) is 6.42 Å². The van der Waals surface area contributed by atoms with E-state index in [1.165, 1.54) is 18.4 Å². The summed E-state index contributed by atoms with van der Waals surface area (Å²) in [7, 11) is 0. The lowest BCUT2D eigenvalue weighted by atomic mass is 9.52. The van der Waals surface area contributed by atoms with Crippen molar-refractivity contribution in [3.8, 4) is 12.3 Å². The molecule has 1 heterocycles. The predicted molar refractivity (Wildman–Crippen MR) is 134 cm³/mol. The summed E-state index contributed by atoms with van der Waals surface area (Å²) in [6, 6.07) is 8.69. The van der Waals surface area contributed by atoms with Crippen molar-refractivity contribution in [2.24, 2.45) is 28.6 Å².